The Labute approximate surface area is 133 Å². The summed E-state index contributed by atoms with van der Waals surface area (Å²) in [6.45, 7) is 5.24. The summed E-state index contributed by atoms with van der Waals surface area (Å²) in [5.41, 5.74) is 1.16. The van der Waals surface area contributed by atoms with Gasteiger partial charge in [0.05, 0.1) is 4.47 Å². The number of hydrogen-bond donors (Lipinski definition) is 1. The van der Waals surface area contributed by atoms with Crippen LogP contribution < -0.4 is 10.1 Å². The first-order valence-corrected chi connectivity index (χ1v) is 7.86. The van der Waals surface area contributed by atoms with Crippen molar-refractivity contribution in [1.29, 1.82) is 0 Å². The number of halogens is 2. The van der Waals surface area contributed by atoms with E-state index in [9.17, 15) is 4.39 Å². The minimum atomic E-state index is -0.369. The number of nitrogens with one attached hydrogen (secondary N) is 1. The largest absolute Gasteiger partial charge is 0.453 e. The summed E-state index contributed by atoms with van der Waals surface area (Å²) >= 11 is 3.49. The highest BCUT2D eigenvalue weighted by Gasteiger charge is 2.10. The van der Waals surface area contributed by atoms with Gasteiger partial charge >= 0.3 is 0 Å². The van der Waals surface area contributed by atoms with E-state index in [0.29, 0.717) is 5.75 Å². The molecule has 0 aliphatic carbocycles. The van der Waals surface area contributed by atoms with E-state index in [0.717, 1.165) is 23.0 Å². The Bertz CT molecular complexity index is 603. The molecule has 21 heavy (non-hydrogen) atoms. The summed E-state index contributed by atoms with van der Waals surface area (Å²) in [5, 5.41) is 3.43. The van der Waals surface area contributed by atoms with E-state index in [2.05, 4.69) is 35.1 Å². The first-order chi connectivity index (χ1) is 10.1. The maximum Gasteiger partial charge on any atom is 0.165 e. The lowest BCUT2D eigenvalue weighted by molar-refractivity contribution is 0.439. The van der Waals surface area contributed by atoms with Crippen molar-refractivity contribution in [3.05, 3.63) is 58.3 Å². The van der Waals surface area contributed by atoms with E-state index in [-0.39, 0.29) is 17.6 Å². The molecular formula is C17H19BrFNO. The quantitative estimate of drug-likeness (QED) is 0.747. The van der Waals surface area contributed by atoms with Crippen molar-refractivity contribution in [3.63, 3.8) is 0 Å². The molecule has 0 saturated heterocycles. The van der Waals surface area contributed by atoms with Crippen LogP contribution in [0.1, 0.15) is 31.9 Å². The molecule has 1 atom stereocenters. The van der Waals surface area contributed by atoms with E-state index in [1.54, 1.807) is 18.2 Å². The van der Waals surface area contributed by atoms with E-state index in [4.69, 9.17) is 4.74 Å². The fraction of sp³-hybridized carbons (Fsp3) is 0.294. The number of benzene rings is 2. The lowest BCUT2D eigenvalue weighted by Crippen LogP contribution is -2.19. The molecule has 0 amide bonds. The van der Waals surface area contributed by atoms with Crippen LogP contribution in [0.4, 0.5) is 4.39 Å². The number of hydrogen-bond acceptors (Lipinski definition) is 2. The fourth-order valence-corrected chi connectivity index (χ4v) is 2.47. The van der Waals surface area contributed by atoms with Gasteiger partial charge in [-0.05, 0) is 65.6 Å². The minimum Gasteiger partial charge on any atom is -0.453 e. The van der Waals surface area contributed by atoms with E-state index >= 15 is 0 Å². The molecule has 0 spiro atoms. The van der Waals surface area contributed by atoms with Crippen LogP contribution in [0.2, 0.25) is 0 Å². The SMILES string of the molecule is CCCNC(C)c1ccc(Oc2ccccc2F)c(Br)c1. The highest BCUT2D eigenvalue weighted by molar-refractivity contribution is 9.10. The number of para-hydroxylation sites is 1. The summed E-state index contributed by atoms with van der Waals surface area (Å²) in [5.74, 6) is 0.459. The van der Waals surface area contributed by atoms with E-state index in [1.165, 1.54) is 6.07 Å². The van der Waals surface area contributed by atoms with Gasteiger partial charge in [-0.1, -0.05) is 25.1 Å². The zero-order chi connectivity index (χ0) is 15.2. The van der Waals surface area contributed by atoms with Gasteiger partial charge in [-0.15, -0.1) is 0 Å². The zero-order valence-corrected chi connectivity index (χ0v) is 13.8. The Hall–Kier alpha value is -1.39. The van der Waals surface area contributed by atoms with Crippen LogP contribution in [0.3, 0.4) is 0 Å². The Morgan fingerprint density at radius 3 is 2.62 bits per heavy atom. The molecule has 1 unspecified atom stereocenters. The minimum absolute atomic E-state index is 0.225. The molecule has 0 heterocycles. The molecule has 2 nitrogen and oxygen atoms in total. The van der Waals surface area contributed by atoms with Crippen molar-refractivity contribution in [2.45, 2.75) is 26.3 Å². The second-order valence-electron chi connectivity index (χ2n) is 4.90. The first kappa shape index (κ1) is 16.0. The Morgan fingerprint density at radius 1 is 1.19 bits per heavy atom. The molecule has 2 aromatic carbocycles. The molecule has 0 aromatic heterocycles. The molecule has 0 aliphatic heterocycles. The second-order valence-corrected chi connectivity index (χ2v) is 5.75. The maximum absolute atomic E-state index is 13.6. The topological polar surface area (TPSA) is 21.3 Å². The van der Waals surface area contributed by atoms with Gasteiger partial charge in [-0.25, -0.2) is 4.39 Å². The molecule has 0 bridgehead atoms. The molecule has 112 valence electrons. The van der Waals surface area contributed by atoms with Crippen molar-refractivity contribution >= 4 is 15.9 Å². The summed E-state index contributed by atoms with van der Waals surface area (Å²) in [6, 6.07) is 12.5. The van der Waals surface area contributed by atoms with Gasteiger partial charge in [0, 0.05) is 6.04 Å². The van der Waals surface area contributed by atoms with Crippen molar-refractivity contribution in [1.82, 2.24) is 5.32 Å². The van der Waals surface area contributed by atoms with Gasteiger partial charge in [0.1, 0.15) is 5.75 Å². The van der Waals surface area contributed by atoms with E-state index in [1.807, 2.05) is 18.2 Å². The molecule has 0 aliphatic rings. The smallest absolute Gasteiger partial charge is 0.165 e. The molecular weight excluding hydrogens is 333 g/mol. The van der Waals surface area contributed by atoms with Gasteiger partial charge in [-0.2, -0.15) is 0 Å². The van der Waals surface area contributed by atoms with Crippen LogP contribution in [0, 0.1) is 5.82 Å². The lowest BCUT2D eigenvalue weighted by Gasteiger charge is -2.15. The van der Waals surface area contributed by atoms with E-state index < -0.39 is 0 Å². The third-order valence-corrected chi connectivity index (χ3v) is 3.83. The van der Waals surface area contributed by atoms with Crippen molar-refractivity contribution in [2.75, 3.05) is 6.54 Å². The van der Waals surface area contributed by atoms with Crippen LogP contribution in [0.5, 0.6) is 11.5 Å². The van der Waals surface area contributed by atoms with Crippen LogP contribution in [0.25, 0.3) is 0 Å². The normalized spacial score (nSPS) is 12.2. The van der Waals surface area contributed by atoms with Gasteiger partial charge in [-0.3, -0.25) is 0 Å². The predicted molar refractivity (Wildman–Crippen MR) is 87.3 cm³/mol. The predicted octanol–water partition coefficient (Wildman–Crippen LogP) is 5.44. The molecule has 0 saturated carbocycles. The third-order valence-electron chi connectivity index (χ3n) is 3.21. The fourth-order valence-electron chi connectivity index (χ4n) is 1.99. The molecule has 4 heteroatoms. The Morgan fingerprint density at radius 2 is 1.95 bits per heavy atom. The second kappa shape index (κ2) is 7.57. The van der Waals surface area contributed by atoms with Crippen molar-refractivity contribution in [2.24, 2.45) is 0 Å². The standard InChI is InChI=1S/C17H19BrFNO/c1-3-10-20-12(2)13-8-9-16(14(18)11-13)21-17-7-5-4-6-15(17)19/h4-9,11-12,20H,3,10H2,1-2H3. The lowest BCUT2D eigenvalue weighted by atomic mass is 10.1. The van der Waals surface area contributed by atoms with Crippen LogP contribution in [0.15, 0.2) is 46.9 Å². The Kier molecular flexibility index (Phi) is 5.76. The van der Waals surface area contributed by atoms with Crippen LogP contribution in [-0.2, 0) is 0 Å². The monoisotopic (exact) mass is 351 g/mol. The average Bonchev–Trinajstić information content (AvgIpc) is 2.49. The molecule has 1 N–H and O–H groups in total. The van der Waals surface area contributed by atoms with Gasteiger partial charge < -0.3 is 10.1 Å². The van der Waals surface area contributed by atoms with Crippen molar-refractivity contribution < 1.29 is 9.13 Å². The highest BCUT2D eigenvalue weighted by Crippen LogP contribution is 2.32. The van der Waals surface area contributed by atoms with Crippen molar-refractivity contribution in [3.8, 4) is 11.5 Å². The van der Waals surface area contributed by atoms with Gasteiger partial charge in [0.2, 0.25) is 0 Å². The molecule has 0 radical (unpaired) electrons. The number of rotatable bonds is 6. The molecule has 0 fully saturated rings. The highest BCUT2D eigenvalue weighted by atomic mass is 79.9. The summed E-state index contributed by atoms with van der Waals surface area (Å²) in [7, 11) is 0. The summed E-state index contributed by atoms with van der Waals surface area (Å²) in [6.07, 6.45) is 1.10. The average molecular weight is 352 g/mol. The molecule has 2 aromatic rings. The van der Waals surface area contributed by atoms with Gasteiger partial charge in [0.25, 0.3) is 0 Å². The first-order valence-electron chi connectivity index (χ1n) is 7.07. The summed E-state index contributed by atoms with van der Waals surface area (Å²) < 4.78 is 20.0. The summed E-state index contributed by atoms with van der Waals surface area (Å²) in [4.78, 5) is 0. The third kappa shape index (κ3) is 4.29. The molecule has 2 rings (SSSR count). The van der Waals surface area contributed by atoms with Crippen LogP contribution in [-0.4, -0.2) is 6.54 Å². The van der Waals surface area contributed by atoms with Crippen LogP contribution >= 0.6 is 15.9 Å². The zero-order valence-electron chi connectivity index (χ0n) is 12.2. The van der Waals surface area contributed by atoms with Gasteiger partial charge in [0.15, 0.2) is 11.6 Å². The number of ether oxygens (including phenoxy) is 1. The Balaban J connectivity index is 2.14. The maximum atomic E-state index is 13.6.